The first-order chi connectivity index (χ1) is 25.6. The highest BCUT2D eigenvalue weighted by Crippen LogP contribution is 2.14. The zero-order chi connectivity index (χ0) is 39.3. The van der Waals surface area contributed by atoms with Crippen LogP contribution in [0.5, 0.6) is 0 Å². The number of carboxylic acid groups (broad SMARTS) is 1. The standard InChI is InChI=1S/C44H81NO8/c1-6-8-10-12-14-16-18-20-22-24-26-28-30-32-34-41(46)51-38-40(39-52-44(43(48)49)50-37-36-45(3,4)5)53-42(47)35-33-31-29-27-25-23-21-19-17-15-13-11-9-7-2/h13,15,19,21,40,44H,6-12,14,16-18,20,22-39H2,1-5H3/b15-13-,21-19-. The number of quaternary nitrogens is 1. The normalized spacial score (nSPS) is 13.2. The summed E-state index contributed by atoms with van der Waals surface area (Å²) in [4.78, 5) is 36.9. The Morgan fingerprint density at radius 1 is 0.566 bits per heavy atom. The molecule has 53 heavy (non-hydrogen) atoms. The third-order valence-electron chi connectivity index (χ3n) is 9.20. The van der Waals surface area contributed by atoms with Crippen LogP contribution in [0.15, 0.2) is 24.3 Å². The molecule has 0 aromatic heterocycles. The van der Waals surface area contributed by atoms with Gasteiger partial charge in [0.05, 0.1) is 40.3 Å². The van der Waals surface area contributed by atoms with Crippen LogP contribution in [-0.2, 0) is 33.3 Å². The van der Waals surface area contributed by atoms with Gasteiger partial charge in [0.2, 0.25) is 0 Å². The topological polar surface area (TPSA) is 111 Å². The molecule has 0 aliphatic carbocycles. The van der Waals surface area contributed by atoms with Gasteiger partial charge in [0.15, 0.2) is 12.4 Å². The minimum Gasteiger partial charge on any atom is -0.545 e. The lowest BCUT2D eigenvalue weighted by atomic mass is 10.0. The quantitative estimate of drug-likeness (QED) is 0.0201. The van der Waals surface area contributed by atoms with E-state index in [1.165, 1.54) is 83.5 Å². The first kappa shape index (κ1) is 50.8. The van der Waals surface area contributed by atoms with Crippen molar-refractivity contribution in [3.8, 4) is 0 Å². The Hall–Kier alpha value is -2.23. The zero-order valence-corrected chi connectivity index (χ0v) is 34.9. The molecule has 310 valence electrons. The van der Waals surface area contributed by atoms with Gasteiger partial charge >= 0.3 is 11.9 Å². The number of rotatable bonds is 39. The molecule has 2 atom stereocenters. The van der Waals surface area contributed by atoms with E-state index in [4.69, 9.17) is 18.9 Å². The Labute approximate surface area is 325 Å². The van der Waals surface area contributed by atoms with Crippen molar-refractivity contribution in [1.29, 1.82) is 0 Å². The van der Waals surface area contributed by atoms with Crippen molar-refractivity contribution >= 4 is 17.9 Å². The maximum atomic E-state index is 12.7. The van der Waals surface area contributed by atoms with Crippen molar-refractivity contribution in [3.63, 3.8) is 0 Å². The summed E-state index contributed by atoms with van der Waals surface area (Å²) < 4.78 is 22.5. The van der Waals surface area contributed by atoms with E-state index in [2.05, 4.69) is 38.2 Å². The van der Waals surface area contributed by atoms with Crippen LogP contribution in [0.2, 0.25) is 0 Å². The van der Waals surface area contributed by atoms with Crippen molar-refractivity contribution < 1.29 is 42.9 Å². The molecule has 0 fully saturated rings. The minimum absolute atomic E-state index is 0.146. The van der Waals surface area contributed by atoms with E-state index in [1.54, 1.807) is 0 Å². The van der Waals surface area contributed by atoms with Gasteiger partial charge in [0.25, 0.3) is 0 Å². The number of likely N-dealkylation sites (N-methyl/N-ethyl adjacent to an activating group) is 1. The van der Waals surface area contributed by atoms with Crippen LogP contribution in [0.4, 0.5) is 0 Å². The molecule has 0 spiro atoms. The van der Waals surface area contributed by atoms with Crippen molar-refractivity contribution in [1.82, 2.24) is 0 Å². The fourth-order valence-electron chi connectivity index (χ4n) is 5.79. The molecule has 2 unspecified atom stereocenters. The molecular weight excluding hydrogens is 670 g/mol. The van der Waals surface area contributed by atoms with Crippen LogP contribution in [0.1, 0.15) is 181 Å². The van der Waals surface area contributed by atoms with E-state index in [0.717, 1.165) is 64.2 Å². The number of aliphatic carboxylic acids is 1. The van der Waals surface area contributed by atoms with Gasteiger partial charge < -0.3 is 33.3 Å². The summed E-state index contributed by atoms with van der Waals surface area (Å²) >= 11 is 0. The van der Waals surface area contributed by atoms with Gasteiger partial charge in [-0.3, -0.25) is 9.59 Å². The molecule has 9 nitrogen and oxygen atoms in total. The molecular formula is C44H81NO8. The van der Waals surface area contributed by atoms with E-state index in [-0.39, 0.29) is 32.2 Å². The monoisotopic (exact) mass is 752 g/mol. The lowest BCUT2D eigenvalue weighted by Crippen LogP contribution is -2.44. The number of carbonyl (C=O) groups is 3. The summed E-state index contributed by atoms with van der Waals surface area (Å²) in [5.74, 6) is -2.30. The van der Waals surface area contributed by atoms with Crippen LogP contribution in [0.3, 0.4) is 0 Å². The maximum Gasteiger partial charge on any atom is 0.306 e. The molecule has 0 amide bonds. The molecule has 0 heterocycles. The summed E-state index contributed by atoms with van der Waals surface area (Å²) in [6, 6.07) is 0. The van der Waals surface area contributed by atoms with E-state index in [9.17, 15) is 19.5 Å². The Morgan fingerprint density at radius 3 is 1.55 bits per heavy atom. The van der Waals surface area contributed by atoms with Crippen LogP contribution >= 0.6 is 0 Å². The van der Waals surface area contributed by atoms with Crippen LogP contribution < -0.4 is 5.11 Å². The molecule has 0 bridgehead atoms. The van der Waals surface area contributed by atoms with Crippen molar-refractivity contribution in [2.75, 3.05) is 47.5 Å². The molecule has 0 aliphatic heterocycles. The average Bonchev–Trinajstić information content (AvgIpc) is 3.11. The molecule has 9 heteroatoms. The number of esters is 2. The largest absolute Gasteiger partial charge is 0.545 e. The van der Waals surface area contributed by atoms with Gasteiger partial charge in [0, 0.05) is 12.8 Å². The predicted octanol–water partition coefficient (Wildman–Crippen LogP) is 9.55. The molecule has 0 saturated carbocycles. The fourth-order valence-corrected chi connectivity index (χ4v) is 5.79. The first-order valence-electron chi connectivity index (χ1n) is 21.5. The highest BCUT2D eigenvalue weighted by molar-refractivity contribution is 5.70. The third-order valence-corrected chi connectivity index (χ3v) is 9.20. The number of hydrogen-bond donors (Lipinski definition) is 0. The van der Waals surface area contributed by atoms with E-state index in [0.29, 0.717) is 23.9 Å². The summed E-state index contributed by atoms with van der Waals surface area (Å²) in [5.41, 5.74) is 0. The molecule has 0 saturated heterocycles. The number of hydrogen-bond acceptors (Lipinski definition) is 8. The number of carbonyl (C=O) groups excluding carboxylic acids is 3. The lowest BCUT2D eigenvalue weighted by Gasteiger charge is -2.26. The summed E-state index contributed by atoms with van der Waals surface area (Å²) in [6.07, 6.45) is 34.9. The average molecular weight is 752 g/mol. The van der Waals surface area contributed by atoms with Crippen LogP contribution in [0, 0.1) is 0 Å². The number of nitrogens with zero attached hydrogens (tertiary/aromatic N) is 1. The fraction of sp³-hybridized carbons (Fsp3) is 0.841. The molecule has 0 aliphatic rings. The molecule has 0 aromatic rings. The summed E-state index contributed by atoms with van der Waals surface area (Å²) in [6.45, 7) is 4.68. The van der Waals surface area contributed by atoms with Gasteiger partial charge in [-0.15, -0.1) is 0 Å². The molecule has 0 radical (unpaired) electrons. The SMILES string of the molecule is CCCC/C=C\C/C=C\CCCCCCCC(=O)OC(COC(=O)CCCCCCCCCCCCCCCC)COC(OCC[N+](C)(C)C)C(=O)[O-]. The summed E-state index contributed by atoms with van der Waals surface area (Å²) in [5, 5.41) is 11.7. The Morgan fingerprint density at radius 2 is 1.04 bits per heavy atom. The van der Waals surface area contributed by atoms with Gasteiger partial charge in [-0.2, -0.15) is 0 Å². The first-order valence-corrected chi connectivity index (χ1v) is 21.5. The number of allylic oxidation sites excluding steroid dienone is 4. The minimum atomic E-state index is -1.62. The van der Waals surface area contributed by atoms with E-state index in [1.807, 2.05) is 21.1 Å². The highest BCUT2D eigenvalue weighted by Gasteiger charge is 2.21. The maximum absolute atomic E-state index is 12.7. The second-order valence-electron chi connectivity index (χ2n) is 15.6. The smallest absolute Gasteiger partial charge is 0.306 e. The van der Waals surface area contributed by atoms with Crippen molar-refractivity contribution in [2.45, 2.75) is 193 Å². The number of ether oxygens (including phenoxy) is 4. The van der Waals surface area contributed by atoms with Gasteiger partial charge in [-0.25, -0.2) is 0 Å². The number of unbranched alkanes of at least 4 members (excludes halogenated alkanes) is 20. The predicted molar refractivity (Wildman–Crippen MR) is 214 cm³/mol. The van der Waals surface area contributed by atoms with E-state index < -0.39 is 24.3 Å². The number of carboxylic acids is 1. The van der Waals surface area contributed by atoms with Crippen molar-refractivity contribution in [3.05, 3.63) is 24.3 Å². The lowest BCUT2D eigenvalue weighted by molar-refractivity contribution is -0.870. The van der Waals surface area contributed by atoms with Crippen molar-refractivity contribution in [2.24, 2.45) is 0 Å². The zero-order valence-electron chi connectivity index (χ0n) is 34.9. The molecule has 0 aromatic carbocycles. The van der Waals surface area contributed by atoms with Gasteiger partial charge in [-0.1, -0.05) is 154 Å². The second-order valence-corrected chi connectivity index (χ2v) is 15.6. The molecule has 0 rings (SSSR count). The van der Waals surface area contributed by atoms with Crippen LogP contribution in [-0.4, -0.2) is 82.3 Å². The Kier molecular flexibility index (Phi) is 35.2. The molecule has 0 N–H and O–H groups in total. The van der Waals surface area contributed by atoms with E-state index >= 15 is 0 Å². The summed E-state index contributed by atoms with van der Waals surface area (Å²) in [7, 11) is 5.90. The Balaban J connectivity index is 4.48. The highest BCUT2D eigenvalue weighted by atomic mass is 16.7. The Bertz CT molecular complexity index is 929. The van der Waals surface area contributed by atoms with Crippen LogP contribution in [0.25, 0.3) is 0 Å². The van der Waals surface area contributed by atoms with Gasteiger partial charge in [0.1, 0.15) is 13.2 Å². The second kappa shape index (κ2) is 36.7. The van der Waals surface area contributed by atoms with Gasteiger partial charge in [-0.05, 0) is 38.5 Å². The third kappa shape index (κ3) is 37.9.